The van der Waals surface area contributed by atoms with Crippen molar-refractivity contribution in [2.75, 3.05) is 13.1 Å². The molecule has 1 saturated heterocycles. The van der Waals surface area contributed by atoms with Crippen molar-refractivity contribution < 1.29 is 9.18 Å². The highest BCUT2D eigenvalue weighted by Gasteiger charge is 2.32. The Morgan fingerprint density at radius 3 is 2.63 bits per heavy atom. The van der Waals surface area contributed by atoms with Gasteiger partial charge in [-0.25, -0.2) is 4.39 Å². The Labute approximate surface area is 171 Å². The van der Waals surface area contributed by atoms with Gasteiger partial charge in [-0.1, -0.05) is 15.9 Å². The number of hydrogen-bond donors (Lipinski definition) is 0. The van der Waals surface area contributed by atoms with Crippen molar-refractivity contribution in [3.63, 3.8) is 0 Å². The van der Waals surface area contributed by atoms with Crippen LogP contribution in [-0.2, 0) is 4.79 Å². The van der Waals surface area contributed by atoms with Crippen molar-refractivity contribution in [2.45, 2.75) is 27.7 Å². The molecule has 1 aliphatic heterocycles. The van der Waals surface area contributed by atoms with Crippen molar-refractivity contribution in [3.8, 4) is 5.69 Å². The van der Waals surface area contributed by atoms with E-state index in [0.29, 0.717) is 28.2 Å². The Morgan fingerprint density at radius 1 is 1.26 bits per heavy atom. The lowest BCUT2D eigenvalue weighted by Gasteiger charge is -2.11. The van der Waals surface area contributed by atoms with Crippen LogP contribution in [0.25, 0.3) is 11.8 Å². The number of benzene rings is 1. The van der Waals surface area contributed by atoms with Gasteiger partial charge in [-0.05, 0) is 75.4 Å². The molecule has 1 fully saturated rings. The SMILES string of the molecule is CCN=C1S/C(=C\c2cc(C)n(-c3ccc(Br)cc3F)c2C)C(=O)N1CC. The van der Waals surface area contributed by atoms with Crippen LogP contribution in [0.2, 0.25) is 0 Å². The molecule has 0 unspecified atom stereocenters. The van der Waals surface area contributed by atoms with E-state index in [1.807, 2.05) is 50.5 Å². The summed E-state index contributed by atoms with van der Waals surface area (Å²) in [6.45, 7) is 8.98. The Bertz CT molecular complexity index is 964. The molecule has 2 heterocycles. The highest BCUT2D eigenvalue weighted by Crippen LogP contribution is 2.34. The maximum absolute atomic E-state index is 14.5. The maximum Gasteiger partial charge on any atom is 0.266 e. The maximum atomic E-state index is 14.5. The monoisotopic (exact) mass is 449 g/mol. The van der Waals surface area contributed by atoms with Crippen molar-refractivity contribution in [3.05, 3.63) is 56.4 Å². The molecule has 0 aliphatic carbocycles. The summed E-state index contributed by atoms with van der Waals surface area (Å²) in [6.07, 6.45) is 1.88. The number of halogens is 2. The second kappa shape index (κ2) is 8.02. The van der Waals surface area contributed by atoms with Crippen LogP contribution >= 0.6 is 27.7 Å². The zero-order valence-corrected chi connectivity index (χ0v) is 18.1. The highest BCUT2D eigenvalue weighted by molar-refractivity contribution is 9.10. The van der Waals surface area contributed by atoms with Crippen LogP contribution < -0.4 is 0 Å². The van der Waals surface area contributed by atoms with E-state index >= 15 is 0 Å². The first-order valence-corrected chi connectivity index (χ1v) is 10.4. The second-order valence-corrected chi connectivity index (χ2v) is 8.10. The van der Waals surface area contributed by atoms with Crippen LogP contribution in [0, 0.1) is 19.7 Å². The van der Waals surface area contributed by atoms with Crippen molar-refractivity contribution in [2.24, 2.45) is 4.99 Å². The molecular formula is C20H21BrFN3OS. The van der Waals surface area contributed by atoms with Gasteiger partial charge < -0.3 is 4.57 Å². The molecule has 7 heteroatoms. The summed E-state index contributed by atoms with van der Waals surface area (Å²) < 4.78 is 17.0. The van der Waals surface area contributed by atoms with E-state index in [2.05, 4.69) is 20.9 Å². The lowest BCUT2D eigenvalue weighted by molar-refractivity contribution is -0.122. The quantitative estimate of drug-likeness (QED) is 0.593. The zero-order chi connectivity index (χ0) is 19.7. The van der Waals surface area contributed by atoms with Gasteiger partial charge in [0.25, 0.3) is 5.91 Å². The van der Waals surface area contributed by atoms with E-state index in [9.17, 15) is 9.18 Å². The molecule has 1 amide bonds. The number of nitrogens with zero attached hydrogens (tertiary/aromatic N) is 3. The first kappa shape index (κ1) is 19.9. The summed E-state index contributed by atoms with van der Waals surface area (Å²) in [5.41, 5.74) is 3.19. The number of likely N-dealkylation sites (N-methyl/N-ethyl adjacent to an activating group) is 1. The summed E-state index contributed by atoms with van der Waals surface area (Å²) in [7, 11) is 0. The van der Waals surface area contributed by atoms with Crippen molar-refractivity contribution in [1.82, 2.24) is 9.47 Å². The molecule has 27 heavy (non-hydrogen) atoms. The molecule has 142 valence electrons. The van der Waals surface area contributed by atoms with E-state index in [1.54, 1.807) is 11.0 Å². The van der Waals surface area contributed by atoms with Gasteiger partial charge in [0.1, 0.15) is 5.82 Å². The summed E-state index contributed by atoms with van der Waals surface area (Å²) in [5, 5.41) is 0.740. The fourth-order valence-electron chi connectivity index (χ4n) is 3.15. The summed E-state index contributed by atoms with van der Waals surface area (Å²) in [6, 6.07) is 6.99. The molecule has 0 radical (unpaired) electrons. The largest absolute Gasteiger partial charge is 0.315 e. The Balaban J connectivity index is 2.04. The molecule has 1 aliphatic rings. The minimum Gasteiger partial charge on any atom is -0.315 e. The number of thioether (sulfide) groups is 1. The van der Waals surface area contributed by atoms with Gasteiger partial charge in [-0.15, -0.1) is 0 Å². The first-order chi connectivity index (χ1) is 12.9. The minimum absolute atomic E-state index is 0.0330. The summed E-state index contributed by atoms with van der Waals surface area (Å²) in [5.74, 6) is -0.333. The zero-order valence-electron chi connectivity index (χ0n) is 15.7. The van der Waals surface area contributed by atoms with Crippen LogP contribution in [0.3, 0.4) is 0 Å². The lowest BCUT2D eigenvalue weighted by Crippen LogP contribution is -2.28. The molecule has 1 aromatic heterocycles. The van der Waals surface area contributed by atoms with E-state index in [1.165, 1.54) is 17.8 Å². The van der Waals surface area contributed by atoms with Crippen LogP contribution in [0.1, 0.15) is 30.8 Å². The normalized spacial score (nSPS) is 17.6. The van der Waals surface area contributed by atoms with E-state index in [-0.39, 0.29) is 11.7 Å². The molecule has 0 bridgehead atoms. The van der Waals surface area contributed by atoms with Gasteiger partial charge in [-0.3, -0.25) is 14.7 Å². The smallest absolute Gasteiger partial charge is 0.266 e. The number of hydrogen-bond acceptors (Lipinski definition) is 3. The van der Waals surface area contributed by atoms with E-state index in [4.69, 9.17) is 0 Å². The topological polar surface area (TPSA) is 37.6 Å². The summed E-state index contributed by atoms with van der Waals surface area (Å²) in [4.78, 5) is 19.4. The Kier molecular flexibility index (Phi) is 5.91. The lowest BCUT2D eigenvalue weighted by atomic mass is 10.2. The molecule has 0 saturated carbocycles. The minimum atomic E-state index is -0.300. The number of rotatable bonds is 4. The van der Waals surface area contributed by atoms with Gasteiger partial charge in [0.2, 0.25) is 0 Å². The first-order valence-electron chi connectivity index (χ1n) is 8.77. The summed E-state index contributed by atoms with van der Waals surface area (Å²) >= 11 is 4.69. The van der Waals surface area contributed by atoms with E-state index < -0.39 is 0 Å². The fraction of sp³-hybridized carbons (Fsp3) is 0.300. The number of carbonyl (C=O) groups is 1. The third-order valence-corrected chi connectivity index (χ3v) is 5.94. The van der Waals surface area contributed by atoms with Crippen LogP contribution in [0.4, 0.5) is 4.39 Å². The van der Waals surface area contributed by atoms with Crippen LogP contribution in [0.5, 0.6) is 0 Å². The third-order valence-electron chi connectivity index (χ3n) is 4.41. The predicted molar refractivity (Wildman–Crippen MR) is 114 cm³/mol. The van der Waals surface area contributed by atoms with Crippen LogP contribution in [0.15, 0.2) is 38.6 Å². The second-order valence-electron chi connectivity index (χ2n) is 6.17. The van der Waals surface area contributed by atoms with Gasteiger partial charge in [0.05, 0.1) is 10.6 Å². The standard InChI is InChI=1S/C20H21BrFN3OS/c1-5-23-20-24(6-2)19(26)18(27-20)10-14-9-12(3)25(13(14)4)17-8-7-15(21)11-16(17)22/h7-11H,5-6H2,1-4H3/b18-10-,23-20?. The van der Waals surface area contributed by atoms with Crippen molar-refractivity contribution in [1.29, 1.82) is 0 Å². The van der Waals surface area contributed by atoms with Gasteiger partial charge in [-0.2, -0.15) is 0 Å². The molecule has 0 N–H and O–H groups in total. The van der Waals surface area contributed by atoms with Gasteiger partial charge >= 0.3 is 0 Å². The van der Waals surface area contributed by atoms with Crippen molar-refractivity contribution >= 4 is 44.8 Å². The van der Waals surface area contributed by atoms with Crippen LogP contribution in [-0.4, -0.2) is 33.6 Å². The third kappa shape index (κ3) is 3.75. The van der Waals surface area contributed by atoms with Gasteiger partial charge in [0, 0.05) is 29.0 Å². The number of aryl methyl sites for hydroxylation is 1. The number of aliphatic imine (C=N–C) groups is 1. The molecule has 0 atom stereocenters. The number of aromatic nitrogens is 1. The average Bonchev–Trinajstić information content (AvgIpc) is 3.05. The number of amides is 1. The molecule has 1 aromatic carbocycles. The Hall–Kier alpha value is -1.86. The molecule has 3 rings (SSSR count). The number of amidine groups is 1. The fourth-order valence-corrected chi connectivity index (χ4v) is 4.58. The highest BCUT2D eigenvalue weighted by atomic mass is 79.9. The van der Waals surface area contributed by atoms with E-state index in [0.717, 1.165) is 22.1 Å². The molecule has 0 spiro atoms. The Morgan fingerprint density at radius 2 is 2.00 bits per heavy atom. The predicted octanol–water partition coefficient (Wildman–Crippen LogP) is 5.31. The molecule has 4 nitrogen and oxygen atoms in total. The molecular weight excluding hydrogens is 429 g/mol. The van der Waals surface area contributed by atoms with Gasteiger partial charge in [0.15, 0.2) is 5.17 Å². The average molecular weight is 450 g/mol. The number of carbonyl (C=O) groups excluding carboxylic acids is 1. The molecule has 2 aromatic rings.